The third-order valence-corrected chi connectivity index (χ3v) is 4.10. The van der Waals surface area contributed by atoms with E-state index in [1.807, 2.05) is 0 Å². The van der Waals surface area contributed by atoms with Crippen LogP contribution in [0, 0.1) is 17.8 Å². The van der Waals surface area contributed by atoms with Crippen molar-refractivity contribution in [2.45, 2.75) is 52.1 Å². The van der Waals surface area contributed by atoms with Gasteiger partial charge in [-0.15, -0.1) is 0 Å². The smallest absolute Gasteiger partial charge is 0.142 e. The average Bonchev–Trinajstić information content (AvgIpc) is 2.97. The molecule has 0 aromatic heterocycles. The molecule has 2 saturated carbocycles. The van der Waals surface area contributed by atoms with Crippen LogP contribution in [0.2, 0.25) is 0 Å². The lowest BCUT2D eigenvalue weighted by Crippen LogP contribution is -2.38. The van der Waals surface area contributed by atoms with Crippen molar-refractivity contribution in [2.75, 3.05) is 0 Å². The Labute approximate surface area is 103 Å². The van der Waals surface area contributed by atoms with Crippen LogP contribution in [-0.4, -0.2) is 22.1 Å². The van der Waals surface area contributed by atoms with Gasteiger partial charge in [-0.3, -0.25) is 4.79 Å². The number of allylic oxidation sites excluding steroid dienone is 1. The quantitative estimate of drug-likeness (QED) is 0.724. The normalized spacial score (nSPS) is 23.7. The van der Waals surface area contributed by atoms with E-state index in [2.05, 4.69) is 0 Å². The number of hydrogen-bond acceptors (Lipinski definition) is 3. The summed E-state index contributed by atoms with van der Waals surface area (Å²) in [5.74, 6) is 0.239. The Bertz CT molecular complexity index is 333. The predicted molar refractivity (Wildman–Crippen MR) is 65.6 cm³/mol. The number of Topliss-reactive ketones (excluding diaryl/α,β-unsaturated/α-hetero) is 1. The van der Waals surface area contributed by atoms with Gasteiger partial charge in [-0.05, 0) is 51.0 Å². The van der Waals surface area contributed by atoms with Crippen LogP contribution in [0.1, 0.15) is 46.0 Å². The number of rotatable bonds is 5. The van der Waals surface area contributed by atoms with Gasteiger partial charge in [0.1, 0.15) is 17.6 Å². The fourth-order valence-electron chi connectivity index (χ4n) is 2.53. The van der Waals surface area contributed by atoms with Crippen molar-refractivity contribution in [3.63, 3.8) is 0 Å². The molecule has 0 aliphatic heterocycles. The average molecular weight is 238 g/mol. The van der Waals surface area contributed by atoms with E-state index >= 15 is 0 Å². The second-order valence-corrected chi connectivity index (χ2v) is 5.72. The molecule has 3 heteroatoms. The first-order valence-corrected chi connectivity index (χ1v) is 6.60. The van der Waals surface area contributed by atoms with E-state index in [0.717, 1.165) is 32.1 Å². The van der Waals surface area contributed by atoms with E-state index in [-0.39, 0.29) is 23.4 Å². The number of hydrogen-bond donors (Lipinski definition) is 2. The van der Waals surface area contributed by atoms with Crippen LogP contribution in [0.15, 0.2) is 11.3 Å². The molecular formula is C14H22O3. The topological polar surface area (TPSA) is 57.5 Å². The second-order valence-electron chi connectivity index (χ2n) is 5.72. The van der Waals surface area contributed by atoms with E-state index in [4.69, 9.17) is 0 Å². The number of aliphatic hydroxyl groups is 2. The highest BCUT2D eigenvalue weighted by atomic mass is 16.3. The second kappa shape index (κ2) is 4.81. The molecule has 0 amide bonds. The lowest BCUT2D eigenvalue weighted by atomic mass is 9.74. The van der Waals surface area contributed by atoms with E-state index < -0.39 is 6.10 Å². The van der Waals surface area contributed by atoms with Crippen LogP contribution < -0.4 is 0 Å². The van der Waals surface area contributed by atoms with Crippen molar-refractivity contribution in [1.82, 2.24) is 0 Å². The van der Waals surface area contributed by atoms with Crippen molar-refractivity contribution in [3.05, 3.63) is 11.3 Å². The molecule has 0 aromatic carbocycles. The first-order valence-electron chi connectivity index (χ1n) is 6.60. The van der Waals surface area contributed by atoms with Gasteiger partial charge in [-0.1, -0.05) is 6.42 Å². The van der Waals surface area contributed by atoms with E-state index in [9.17, 15) is 15.0 Å². The first-order chi connectivity index (χ1) is 8.02. The minimum atomic E-state index is -0.986. The van der Waals surface area contributed by atoms with Gasteiger partial charge in [0.2, 0.25) is 0 Å². The molecule has 2 atom stereocenters. The summed E-state index contributed by atoms with van der Waals surface area (Å²) in [4.78, 5) is 12.3. The van der Waals surface area contributed by atoms with Crippen molar-refractivity contribution >= 4 is 5.78 Å². The van der Waals surface area contributed by atoms with Crippen LogP contribution in [-0.2, 0) is 4.79 Å². The first kappa shape index (κ1) is 12.6. The lowest BCUT2D eigenvalue weighted by molar-refractivity contribution is -0.133. The molecule has 17 heavy (non-hydrogen) atoms. The fourth-order valence-corrected chi connectivity index (χ4v) is 2.53. The summed E-state index contributed by atoms with van der Waals surface area (Å²) in [6, 6.07) is 0. The van der Waals surface area contributed by atoms with E-state index in [1.54, 1.807) is 13.8 Å². The van der Waals surface area contributed by atoms with Gasteiger partial charge in [0, 0.05) is 5.92 Å². The summed E-state index contributed by atoms with van der Waals surface area (Å²) in [6.07, 6.45) is 4.08. The molecule has 0 saturated heterocycles. The zero-order valence-corrected chi connectivity index (χ0v) is 10.6. The van der Waals surface area contributed by atoms with Crippen molar-refractivity contribution in [3.8, 4) is 0 Å². The molecule has 0 spiro atoms. The number of carbonyl (C=O) groups is 1. The maximum atomic E-state index is 12.3. The highest BCUT2D eigenvalue weighted by molar-refractivity contribution is 5.85. The van der Waals surface area contributed by atoms with Crippen LogP contribution in [0.25, 0.3) is 0 Å². The molecule has 0 bridgehead atoms. The summed E-state index contributed by atoms with van der Waals surface area (Å²) in [7, 11) is 0. The van der Waals surface area contributed by atoms with Gasteiger partial charge in [0.05, 0.1) is 5.92 Å². The number of carbonyl (C=O) groups excluding carboxylic acids is 1. The monoisotopic (exact) mass is 238 g/mol. The number of aliphatic hydroxyl groups excluding tert-OH is 2. The Morgan fingerprint density at radius 2 is 1.76 bits per heavy atom. The third-order valence-electron chi connectivity index (χ3n) is 4.10. The Balaban J connectivity index is 2.11. The summed E-state index contributed by atoms with van der Waals surface area (Å²) in [5.41, 5.74) is 0.699. The summed E-state index contributed by atoms with van der Waals surface area (Å²) >= 11 is 0. The van der Waals surface area contributed by atoms with Crippen molar-refractivity contribution in [1.29, 1.82) is 0 Å². The van der Waals surface area contributed by atoms with Gasteiger partial charge in [0.25, 0.3) is 0 Å². The molecule has 2 aliphatic rings. The molecule has 2 aliphatic carbocycles. The Hall–Kier alpha value is -0.830. The Morgan fingerprint density at radius 1 is 1.18 bits per heavy atom. The van der Waals surface area contributed by atoms with Gasteiger partial charge < -0.3 is 10.2 Å². The Kier molecular flexibility index (Phi) is 3.57. The van der Waals surface area contributed by atoms with Crippen molar-refractivity contribution < 1.29 is 15.0 Å². The largest absolute Gasteiger partial charge is 0.510 e. The minimum absolute atomic E-state index is 0.00502. The molecule has 3 nitrogen and oxygen atoms in total. The van der Waals surface area contributed by atoms with Crippen molar-refractivity contribution in [2.24, 2.45) is 17.8 Å². The summed E-state index contributed by atoms with van der Waals surface area (Å²) in [5, 5.41) is 20.0. The molecule has 2 N–H and O–H groups in total. The fraction of sp³-hybridized carbons (Fsp3) is 0.786. The van der Waals surface area contributed by atoms with Gasteiger partial charge in [-0.25, -0.2) is 0 Å². The van der Waals surface area contributed by atoms with Crippen LogP contribution in [0.4, 0.5) is 0 Å². The van der Waals surface area contributed by atoms with E-state index in [0.29, 0.717) is 11.5 Å². The van der Waals surface area contributed by atoms with Gasteiger partial charge >= 0.3 is 0 Å². The summed E-state index contributed by atoms with van der Waals surface area (Å²) in [6.45, 7) is 3.52. The maximum Gasteiger partial charge on any atom is 0.142 e. The highest BCUT2D eigenvalue weighted by Gasteiger charge is 2.45. The summed E-state index contributed by atoms with van der Waals surface area (Å²) < 4.78 is 0. The maximum absolute atomic E-state index is 12.3. The molecule has 96 valence electrons. The lowest BCUT2D eigenvalue weighted by Gasteiger charge is -2.30. The van der Waals surface area contributed by atoms with Crippen LogP contribution >= 0.6 is 0 Å². The third kappa shape index (κ3) is 2.54. The Morgan fingerprint density at radius 3 is 2.12 bits per heavy atom. The predicted octanol–water partition coefficient (Wildman–Crippen LogP) is 2.59. The number of ketones is 1. The van der Waals surface area contributed by atoms with E-state index in [1.165, 1.54) is 0 Å². The molecule has 2 rings (SSSR count). The minimum Gasteiger partial charge on any atom is -0.510 e. The standard InChI is InChI=1S/C14H22O3/c1-8(2)12(15)14(17)11(9-6-7-9)13(16)10-4-3-5-10/h9-11,14-15,17H,3-7H2,1-2H3/t11?,14-/m0/s1. The van der Waals surface area contributed by atoms with Crippen LogP contribution in [0.3, 0.4) is 0 Å². The SMILES string of the molecule is CC(C)=C(O)[C@@H](O)C(C(=O)C1CCC1)C1CC1. The van der Waals surface area contributed by atoms with Gasteiger partial charge in [0.15, 0.2) is 0 Å². The zero-order chi connectivity index (χ0) is 12.6. The molecule has 2 fully saturated rings. The molecule has 0 radical (unpaired) electrons. The highest BCUT2D eigenvalue weighted by Crippen LogP contribution is 2.44. The molecular weight excluding hydrogens is 216 g/mol. The molecule has 0 heterocycles. The van der Waals surface area contributed by atoms with Gasteiger partial charge in [-0.2, -0.15) is 0 Å². The van der Waals surface area contributed by atoms with Crippen LogP contribution in [0.5, 0.6) is 0 Å². The molecule has 1 unspecified atom stereocenters. The zero-order valence-electron chi connectivity index (χ0n) is 10.6. The molecule has 0 aromatic rings.